The molecule has 0 aromatic carbocycles. The van der Waals surface area contributed by atoms with Gasteiger partial charge in [-0.05, 0) is 25.0 Å². The Hall–Kier alpha value is -0.640. The van der Waals surface area contributed by atoms with Crippen LogP contribution in [0.5, 0.6) is 0 Å². The second kappa shape index (κ2) is 9.31. The molecule has 0 aliphatic rings. The first-order valence-corrected chi connectivity index (χ1v) is 7.00. The summed E-state index contributed by atoms with van der Waals surface area (Å²) in [5, 5.41) is 0.486. The van der Waals surface area contributed by atoms with Gasteiger partial charge in [0.25, 0.3) is 0 Å². The van der Waals surface area contributed by atoms with Crippen LogP contribution in [0.1, 0.15) is 51.4 Å². The molecule has 102 valence electrons. The molecule has 0 unspecified atom stereocenters. The van der Waals surface area contributed by atoms with E-state index in [2.05, 4.69) is 18.8 Å². The lowest BCUT2D eigenvalue weighted by Crippen LogP contribution is -2.11. The van der Waals surface area contributed by atoms with Crippen LogP contribution in [0, 0.1) is 0 Å². The number of ether oxygens (including phenoxy) is 2. The van der Waals surface area contributed by atoms with Crippen LogP contribution in [-0.4, -0.2) is 18.2 Å². The van der Waals surface area contributed by atoms with E-state index in [1.807, 2.05) is 6.07 Å². The van der Waals surface area contributed by atoms with Crippen LogP contribution in [-0.2, 0) is 9.47 Å². The third-order valence-corrected chi connectivity index (χ3v) is 2.78. The van der Waals surface area contributed by atoms with E-state index in [9.17, 15) is 0 Å². The molecule has 3 nitrogen and oxygen atoms in total. The molecule has 1 aromatic rings. The topological polar surface area (TPSA) is 31.4 Å². The van der Waals surface area contributed by atoms with Gasteiger partial charge >= 0.3 is 0 Å². The predicted octanol–water partition coefficient (Wildman–Crippen LogP) is 4.37. The molecule has 0 aliphatic carbocycles. The fourth-order valence-electron chi connectivity index (χ4n) is 1.44. The number of aromatic nitrogens is 1. The molecule has 1 rings (SSSR count). The Bertz CT molecular complexity index is 306. The maximum atomic E-state index is 5.78. The van der Waals surface area contributed by atoms with Crippen LogP contribution >= 0.6 is 11.6 Å². The van der Waals surface area contributed by atoms with Crippen molar-refractivity contribution >= 4 is 11.6 Å². The van der Waals surface area contributed by atoms with Gasteiger partial charge in [-0.2, -0.15) is 0 Å². The van der Waals surface area contributed by atoms with Gasteiger partial charge in [0.1, 0.15) is 5.15 Å². The average Bonchev–Trinajstić information content (AvgIpc) is 2.38. The van der Waals surface area contributed by atoms with Crippen molar-refractivity contribution in [1.29, 1.82) is 0 Å². The minimum absolute atomic E-state index is 0.326. The van der Waals surface area contributed by atoms with Gasteiger partial charge in [0.05, 0.1) is 13.2 Å². The molecule has 1 heterocycles. The van der Waals surface area contributed by atoms with E-state index in [0.717, 1.165) is 31.2 Å². The zero-order chi connectivity index (χ0) is 13.2. The highest BCUT2D eigenvalue weighted by Gasteiger charge is 2.12. The molecule has 1 aromatic heterocycles. The molecule has 0 aliphatic heterocycles. The van der Waals surface area contributed by atoms with E-state index in [1.54, 1.807) is 12.3 Å². The number of hydrogen-bond acceptors (Lipinski definition) is 3. The van der Waals surface area contributed by atoms with E-state index >= 15 is 0 Å². The van der Waals surface area contributed by atoms with Crippen molar-refractivity contribution in [2.45, 2.75) is 45.8 Å². The highest BCUT2D eigenvalue weighted by atomic mass is 35.5. The van der Waals surface area contributed by atoms with Crippen molar-refractivity contribution in [3.8, 4) is 0 Å². The summed E-state index contributed by atoms with van der Waals surface area (Å²) in [4.78, 5) is 4.06. The summed E-state index contributed by atoms with van der Waals surface area (Å²) in [5.41, 5.74) is 0.923. The van der Waals surface area contributed by atoms with Gasteiger partial charge in [-0.25, -0.2) is 4.98 Å². The Morgan fingerprint density at radius 3 is 2.17 bits per heavy atom. The summed E-state index contributed by atoms with van der Waals surface area (Å²) in [5.74, 6) is 0. The molecule has 0 atom stereocenters. The maximum absolute atomic E-state index is 5.78. The third kappa shape index (κ3) is 5.80. The van der Waals surface area contributed by atoms with Crippen LogP contribution in [0.3, 0.4) is 0 Å². The van der Waals surface area contributed by atoms with Gasteiger partial charge < -0.3 is 9.47 Å². The van der Waals surface area contributed by atoms with E-state index in [4.69, 9.17) is 21.1 Å². The zero-order valence-corrected chi connectivity index (χ0v) is 11.9. The first kappa shape index (κ1) is 15.4. The number of nitrogens with zero attached hydrogens (tertiary/aromatic N) is 1. The fraction of sp³-hybridized carbons (Fsp3) is 0.643. The van der Waals surface area contributed by atoms with Crippen LogP contribution in [0.15, 0.2) is 18.3 Å². The predicted molar refractivity (Wildman–Crippen MR) is 73.7 cm³/mol. The van der Waals surface area contributed by atoms with Crippen molar-refractivity contribution in [3.63, 3.8) is 0 Å². The maximum Gasteiger partial charge on any atom is 0.185 e. The number of hydrogen-bond donors (Lipinski definition) is 0. The molecule has 0 N–H and O–H groups in total. The molecule has 0 spiro atoms. The lowest BCUT2D eigenvalue weighted by Gasteiger charge is -2.18. The number of rotatable bonds is 9. The first-order chi connectivity index (χ1) is 8.77. The van der Waals surface area contributed by atoms with Gasteiger partial charge in [0.15, 0.2) is 6.29 Å². The molecule has 0 saturated carbocycles. The third-order valence-electron chi connectivity index (χ3n) is 2.56. The molecule has 0 amide bonds. The van der Waals surface area contributed by atoms with Gasteiger partial charge in [-0.3, -0.25) is 0 Å². The zero-order valence-electron chi connectivity index (χ0n) is 11.2. The Morgan fingerprint density at radius 2 is 1.72 bits per heavy atom. The Kier molecular flexibility index (Phi) is 7.98. The second-order valence-electron chi connectivity index (χ2n) is 4.19. The molecule has 0 saturated heterocycles. The monoisotopic (exact) mass is 271 g/mol. The molecule has 0 fully saturated rings. The molecule has 0 radical (unpaired) electrons. The normalized spacial score (nSPS) is 11.1. The van der Waals surface area contributed by atoms with Crippen molar-refractivity contribution in [2.75, 3.05) is 13.2 Å². The van der Waals surface area contributed by atoms with Crippen LogP contribution < -0.4 is 0 Å². The Morgan fingerprint density at radius 1 is 1.11 bits per heavy atom. The smallest absolute Gasteiger partial charge is 0.185 e. The van der Waals surface area contributed by atoms with E-state index in [-0.39, 0.29) is 6.29 Å². The lowest BCUT2D eigenvalue weighted by molar-refractivity contribution is -0.148. The molecule has 4 heteroatoms. The summed E-state index contributed by atoms with van der Waals surface area (Å²) in [6, 6.07) is 3.66. The second-order valence-corrected chi connectivity index (χ2v) is 4.58. The van der Waals surface area contributed by atoms with Crippen molar-refractivity contribution in [1.82, 2.24) is 4.98 Å². The highest BCUT2D eigenvalue weighted by molar-refractivity contribution is 6.29. The van der Waals surface area contributed by atoms with Gasteiger partial charge in [0, 0.05) is 11.8 Å². The minimum atomic E-state index is -0.326. The van der Waals surface area contributed by atoms with Gasteiger partial charge in [0.2, 0.25) is 0 Å². The first-order valence-electron chi connectivity index (χ1n) is 6.62. The molecule has 18 heavy (non-hydrogen) atoms. The van der Waals surface area contributed by atoms with Crippen molar-refractivity contribution in [3.05, 3.63) is 29.0 Å². The van der Waals surface area contributed by atoms with Crippen molar-refractivity contribution in [2.24, 2.45) is 0 Å². The van der Waals surface area contributed by atoms with E-state index < -0.39 is 0 Å². The highest BCUT2D eigenvalue weighted by Crippen LogP contribution is 2.20. The minimum Gasteiger partial charge on any atom is -0.348 e. The summed E-state index contributed by atoms with van der Waals surface area (Å²) in [6.45, 7) is 5.69. The van der Waals surface area contributed by atoms with Crippen LogP contribution in [0.4, 0.5) is 0 Å². The quantitative estimate of drug-likeness (QED) is 0.380. The van der Waals surface area contributed by atoms with Gasteiger partial charge in [-0.1, -0.05) is 38.3 Å². The fourth-order valence-corrected chi connectivity index (χ4v) is 1.55. The summed E-state index contributed by atoms with van der Waals surface area (Å²) < 4.78 is 11.5. The molecular weight excluding hydrogens is 250 g/mol. The van der Waals surface area contributed by atoms with Crippen LogP contribution in [0.25, 0.3) is 0 Å². The molecular formula is C14H22ClNO2. The summed E-state index contributed by atoms with van der Waals surface area (Å²) in [7, 11) is 0. The largest absolute Gasteiger partial charge is 0.348 e. The molecule has 0 bridgehead atoms. The lowest BCUT2D eigenvalue weighted by atomic mass is 10.2. The average molecular weight is 272 g/mol. The van der Waals surface area contributed by atoms with E-state index in [1.165, 1.54) is 0 Å². The number of halogens is 1. The van der Waals surface area contributed by atoms with Crippen LogP contribution in [0.2, 0.25) is 5.15 Å². The Balaban J connectivity index is 2.54. The van der Waals surface area contributed by atoms with Crippen molar-refractivity contribution < 1.29 is 9.47 Å². The van der Waals surface area contributed by atoms with E-state index in [0.29, 0.717) is 18.4 Å². The standard InChI is InChI=1S/C14H22ClNO2/c1-3-5-9-17-14(18-10-6-4-2)12-7-8-13(15)16-11-12/h7-8,11,14H,3-6,9-10H2,1-2H3. The number of pyridine rings is 1. The Labute approximate surface area is 114 Å². The number of unbranched alkanes of at least 4 members (excludes halogenated alkanes) is 2. The summed E-state index contributed by atoms with van der Waals surface area (Å²) >= 11 is 5.78. The van der Waals surface area contributed by atoms with Gasteiger partial charge in [-0.15, -0.1) is 0 Å². The SMILES string of the molecule is CCCCOC(OCCCC)c1ccc(Cl)nc1. The summed E-state index contributed by atoms with van der Waals surface area (Å²) in [6.07, 6.45) is 5.68.